The van der Waals surface area contributed by atoms with Crippen LogP contribution >= 0.6 is 0 Å². The molecule has 0 bridgehead atoms. The molecule has 0 heterocycles. The van der Waals surface area contributed by atoms with E-state index >= 15 is 0 Å². The quantitative estimate of drug-likeness (QED) is 0.446. The van der Waals surface area contributed by atoms with Crippen LogP contribution in [0.25, 0.3) is 0 Å². The maximum Gasteiger partial charge on any atom is 0.416 e. The number of nitriles is 1. The molecule has 4 N–H and O–H groups in total. The summed E-state index contributed by atoms with van der Waals surface area (Å²) in [5.41, 5.74) is 6.72. The predicted octanol–water partition coefficient (Wildman–Crippen LogP) is 2.24. The molecule has 0 fully saturated rings. The standard InChI is InChI=1S/C11H10F3N5/c1-6-2-3-7(11(12,13)14)4-8(6)18-19-9(5-15)10(16)17/h2-4,18H,1H3,(H3,16,17)/b19-9+. The topological polar surface area (TPSA) is 98.0 Å². The molecule has 5 nitrogen and oxygen atoms in total. The van der Waals surface area contributed by atoms with Crippen molar-refractivity contribution in [2.45, 2.75) is 13.1 Å². The zero-order chi connectivity index (χ0) is 14.6. The van der Waals surface area contributed by atoms with Gasteiger partial charge in [-0.3, -0.25) is 10.8 Å². The molecule has 0 aliphatic heterocycles. The van der Waals surface area contributed by atoms with Crippen LogP contribution in [0.15, 0.2) is 23.3 Å². The highest BCUT2D eigenvalue weighted by atomic mass is 19.4. The number of aryl methyl sites for hydroxylation is 1. The number of anilines is 1. The smallest absolute Gasteiger partial charge is 0.382 e. The summed E-state index contributed by atoms with van der Waals surface area (Å²) >= 11 is 0. The lowest BCUT2D eigenvalue weighted by Crippen LogP contribution is -2.22. The first-order chi connectivity index (χ1) is 8.75. The Morgan fingerprint density at radius 1 is 1.47 bits per heavy atom. The minimum absolute atomic E-state index is 0.0869. The Kier molecular flexibility index (Phi) is 4.11. The number of alkyl halides is 3. The van der Waals surface area contributed by atoms with Crippen LogP contribution in [0.2, 0.25) is 0 Å². The van der Waals surface area contributed by atoms with Gasteiger partial charge in [0.05, 0.1) is 11.3 Å². The zero-order valence-corrected chi connectivity index (χ0v) is 9.84. The number of benzene rings is 1. The average Bonchev–Trinajstić information content (AvgIpc) is 2.30. The van der Waals surface area contributed by atoms with E-state index in [1.54, 1.807) is 13.0 Å². The van der Waals surface area contributed by atoms with E-state index in [4.69, 9.17) is 16.4 Å². The molecular formula is C11H10F3N5. The van der Waals surface area contributed by atoms with Gasteiger partial charge in [-0.05, 0) is 24.6 Å². The van der Waals surface area contributed by atoms with Crippen molar-refractivity contribution in [3.8, 4) is 6.07 Å². The van der Waals surface area contributed by atoms with Crippen molar-refractivity contribution in [3.05, 3.63) is 29.3 Å². The van der Waals surface area contributed by atoms with Crippen molar-refractivity contribution in [1.29, 1.82) is 10.7 Å². The van der Waals surface area contributed by atoms with Crippen molar-refractivity contribution >= 4 is 17.2 Å². The highest BCUT2D eigenvalue weighted by Gasteiger charge is 2.30. The fraction of sp³-hybridized carbons (Fsp3) is 0.182. The van der Waals surface area contributed by atoms with Crippen LogP contribution in [0, 0.1) is 23.7 Å². The maximum atomic E-state index is 12.5. The predicted molar refractivity (Wildman–Crippen MR) is 64.8 cm³/mol. The molecule has 0 aromatic heterocycles. The minimum Gasteiger partial charge on any atom is -0.382 e. The molecule has 1 rings (SSSR count). The third-order valence-corrected chi connectivity index (χ3v) is 2.21. The van der Waals surface area contributed by atoms with Crippen molar-refractivity contribution in [3.63, 3.8) is 0 Å². The van der Waals surface area contributed by atoms with Crippen molar-refractivity contribution in [2.24, 2.45) is 10.8 Å². The molecule has 0 saturated carbocycles. The highest BCUT2D eigenvalue weighted by Crippen LogP contribution is 2.31. The van der Waals surface area contributed by atoms with Gasteiger partial charge in [-0.15, -0.1) is 0 Å². The van der Waals surface area contributed by atoms with Gasteiger partial charge in [-0.1, -0.05) is 6.07 Å². The van der Waals surface area contributed by atoms with Gasteiger partial charge in [0.25, 0.3) is 0 Å². The fourth-order valence-corrected chi connectivity index (χ4v) is 1.18. The molecule has 1 aromatic carbocycles. The number of amidine groups is 1. The van der Waals surface area contributed by atoms with E-state index in [1.165, 1.54) is 6.07 Å². The lowest BCUT2D eigenvalue weighted by Gasteiger charge is -2.10. The van der Waals surface area contributed by atoms with Crippen molar-refractivity contribution < 1.29 is 13.2 Å². The second kappa shape index (κ2) is 5.39. The lowest BCUT2D eigenvalue weighted by molar-refractivity contribution is -0.137. The summed E-state index contributed by atoms with van der Waals surface area (Å²) in [4.78, 5) is 0. The molecule has 100 valence electrons. The molecule has 8 heteroatoms. The van der Waals surface area contributed by atoms with E-state index < -0.39 is 23.3 Å². The van der Waals surface area contributed by atoms with E-state index in [9.17, 15) is 13.2 Å². The number of hydrogen-bond acceptors (Lipinski definition) is 4. The van der Waals surface area contributed by atoms with Crippen LogP contribution in [0.4, 0.5) is 18.9 Å². The monoisotopic (exact) mass is 269 g/mol. The molecule has 0 aliphatic carbocycles. The summed E-state index contributed by atoms with van der Waals surface area (Å²) in [5.74, 6) is -0.570. The molecule has 1 aromatic rings. The second-order valence-electron chi connectivity index (χ2n) is 3.63. The Morgan fingerprint density at radius 2 is 2.11 bits per heavy atom. The van der Waals surface area contributed by atoms with Gasteiger partial charge in [0.2, 0.25) is 5.71 Å². The van der Waals surface area contributed by atoms with E-state index in [0.29, 0.717) is 5.56 Å². The van der Waals surface area contributed by atoms with Gasteiger partial charge in [0.15, 0.2) is 5.84 Å². The van der Waals surface area contributed by atoms with E-state index in [1.807, 2.05) is 0 Å². The van der Waals surface area contributed by atoms with Crippen LogP contribution in [-0.2, 0) is 6.18 Å². The third-order valence-electron chi connectivity index (χ3n) is 2.21. The SMILES string of the molecule is Cc1ccc(C(F)(F)F)cc1N/N=C(\C#N)C(=N)N. The molecule has 0 saturated heterocycles. The Balaban J connectivity index is 3.09. The number of rotatable bonds is 3. The third kappa shape index (κ3) is 3.70. The molecule has 0 unspecified atom stereocenters. The normalized spacial score (nSPS) is 11.8. The second-order valence-corrected chi connectivity index (χ2v) is 3.63. The molecule has 0 aliphatic rings. The number of hydrazone groups is 1. The first kappa shape index (κ1) is 14.5. The summed E-state index contributed by atoms with van der Waals surface area (Å²) in [5, 5.41) is 19.1. The summed E-state index contributed by atoms with van der Waals surface area (Å²) in [6.45, 7) is 1.58. The van der Waals surface area contributed by atoms with Gasteiger partial charge in [0, 0.05) is 0 Å². The van der Waals surface area contributed by atoms with Gasteiger partial charge < -0.3 is 5.73 Å². The van der Waals surface area contributed by atoms with E-state index in [-0.39, 0.29) is 5.69 Å². The number of halogens is 3. The van der Waals surface area contributed by atoms with E-state index in [0.717, 1.165) is 12.1 Å². The Bertz CT molecular complexity index is 569. The molecule has 0 amide bonds. The molecular weight excluding hydrogens is 259 g/mol. The first-order valence-electron chi connectivity index (χ1n) is 5.01. The van der Waals surface area contributed by atoms with E-state index in [2.05, 4.69) is 10.5 Å². The van der Waals surface area contributed by atoms with Gasteiger partial charge >= 0.3 is 6.18 Å². The Labute approximate surface area is 107 Å². The molecule has 0 atom stereocenters. The molecule has 0 radical (unpaired) electrons. The van der Waals surface area contributed by atoms with Crippen LogP contribution in [0.1, 0.15) is 11.1 Å². The van der Waals surface area contributed by atoms with Crippen LogP contribution in [0.5, 0.6) is 0 Å². The Morgan fingerprint density at radius 3 is 2.58 bits per heavy atom. The Hall–Kier alpha value is -2.56. The van der Waals surface area contributed by atoms with Crippen LogP contribution in [-0.4, -0.2) is 11.5 Å². The highest BCUT2D eigenvalue weighted by molar-refractivity contribution is 6.45. The number of nitrogens with zero attached hydrogens (tertiary/aromatic N) is 2. The summed E-state index contributed by atoms with van der Waals surface area (Å²) in [6, 6.07) is 4.64. The maximum absolute atomic E-state index is 12.5. The summed E-state index contributed by atoms with van der Waals surface area (Å²) in [6.07, 6.45) is -4.47. The fourth-order valence-electron chi connectivity index (χ4n) is 1.18. The van der Waals surface area contributed by atoms with Crippen molar-refractivity contribution in [1.82, 2.24) is 0 Å². The molecule has 19 heavy (non-hydrogen) atoms. The van der Waals surface area contributed by atoms with Gasteiger partial charge in [-0.2, -0.15) is 23.5 Å². The van der Waals surface area contributed by atoms with Crippen LogP contribution in [0.3, 0.4) is 0 Å². The van der Waals surface area contributed by atoms with Gasteiger partial charge in [0.1, 0.15) is 6.07 Å². The van der Waals surface area contributed by atoms with Crippen LogP contribution < -0.4 is 11.2 Å². The number of hydrogen-bond donors (Lipinski definition) is 3. The number of nitrogens with one attached hydrogen (secondary N) is 2. The summed E-state index contributed by atoms with van der Waals surface area (Å²) in [7, 11) is 0. The van der Waals surface area contributed by atoms with Crippen molar-refractivity contribution in [2.75, 3.05) is 5.43 Å². The minimum atomic E-state index is -4.47. The lowest BCUT2D eigenvalue weighted by atomic mass is 10.1. The molecule has 0 spiro atoms. The zero-order valence-electron chi connectivity index (χ0n) is 9.84. The average molecular weight is 269 g/mol. The number of nitrogens with two attached hydrogens (primary N) is 1. The summed E-state index contributed by atoms with van der Waals surface area (Å²) < 4.78 is 37.6. The first-order valence-corrected chi connectivity index (χ1v) is 5.01. The largest absolute Gasteiger partial charge is 0.416 e. The van der Waals surface area contributed by atoms with Gasteiger partial charge in [-0.25, -0.2) is 0 Å².